The number of fused-ring (bicyclic) bond motifs is 1. The highest BCUT2D eigenvalue weighted by atomic mass is 32.2. The van der Waals surface area contributed by atoms with Crippen LogP contribution in [0.1, 0.15) is 21.5 Å². The fourth-order valence-corrected chi connectivity index (χ4v) is 3.62. The zero-order valence-electron chi connectivity index (χ0n) is 13.9. The molecule has 0 aliphatic carbocycles. The van der Waals surface area contributed by atoms with E-state index in [4.69, 9.17) is 4.74 Å². The molecule has 5 nitrogen and oxygen atoms in total. The van der Waals surface area contributed by atoms with E-state index in [1.54, 1.807) is 29.2 Å². The number of hydrogen-bond donors (Lipinski definition) is 0. The molecule has 0 spiro atoms. The van der Waals surface area contributed by atoms with Crippen LogP contribution in [0.5, 0.6) is 0 Å². The number of hydrogen-bond acceptors (Lipinski definition) is 4. The summed E-state index contributed by atoms with van der Waals surface area (Å²) in [7, 11) is -1.30. The van der Waals surface area contributed by atoms with Gasteiger partial charge in [-0.05, 0) is 29.7 Å². The SMILES string of the molecule is C[S@@](=O)c1ccccc1C(=O)OCC(=O)N1CCc2ccccc2C1. The second kappa shape index (κ2) is 7.61. The van der Waals surface area contributed by atoms with E-state index in [0.717, 1.165) is 12.0 Å². The van der Waals surface area contributed by atoms with Crippen LogP contribution in [-0.2, 0) is 33.3 Å². The van der Waals surface area contributed by atoms with E-state index >= 15 is 0 Å². The lowest BCUT2D eigenvalue weighted by atomic mass is 10.00. The number of nitrogens with zero attached hydrogens (tertiary/aromatic N) is 1. The summed E-state index contributed by atoms with van der Waals surface area (Å²) in [5, 5.41) is 0. The molecule has 0 N–H and O–H groups in total. The number of amides is 1. The quantitative estimate of drug-likeness (QED) is 0.787. The third kappa shape index (κ3) is 3.96. The van der Waals surface area contributed by atoms with Gasteiger partial charge in [-0.25, -0.2) is 4.79 Å². The molecule has 2 aromatic carbocycles. The van der Waals surface area contributed by atoms with Crippen LogP contribution >= 0.6 is 0 Å². The van der Waals surface area contributed by atoms with Crippen LogP contribution in [0.15, 0.2) is 53.4 Å². The number of carbonyl (C=O) groups is 2. The lowest BCUT2D eigenvalue weighted by Crippen LogP contribution is -2.38. The first-order valence-corrected chi connectivity index (χ1v) is 9.56. The third-order valence-corrected chi connectivity index (χ3v) is 5.20. The first-order chi connectivity index (χ1) is 12.1. The van der Waals surface area contributed by atoms with Crippen molar-refractivity contribution >= 4 is 22.7 Å². The maximum atomic E-state index is 12.4. The maximum Gasteiger partial charge on any atom is 0.339 e. The van der Waals surface area contributed by atoms with Crippen molar-refractivity contribution in [3.63, 3.8) is 0 Å². The average Bonchev–Trinajstić information content (AvgIpc) is 2.65. The molecule has 0 saturated heterocycles. The zero-order valence-corrected chi connectivity index (χ0v) is 14.8. The first-order valence-electron chi connectivity index (χ1n) is 8.00. The predicted octanol–water partition coefficient (Wildman–Crippen LogP) is 2.17. The van der Waals surface area contributed by atoms with Crippen molar-refractivity contribution in [3.8, 4) is 0 Å². The van der Waals surface area contributed by atoms with Crippen molar-refractivity contribution in [2.75, 3.05) is 19.4 Å². The van der Waals surface area contributed by atoms with Crippen molar-refractivity contribution in [2.45, 2.75) is 17.9 Å². The highest BCUT2D eigenvalue weighted by Crippen LogP contribution is 2.19. The van der Waals surface area contributed by atoms with Crippen molar-refractivity contribution in [3.05, 3.63) is 65.2 Å². The molecule has 6 heteroatoms. The Bertz CT molecular complexity index is 834. The van der Waals surface area contributed by atoms with Crippen molar-refractivity contribution in [1.29, 1.82) is 0 Å². The van der Waals surface area contributed by atoms with E-state index in [9.17, 15) is 13.8 Å². The number of rotatable bonds is 4. The summed E-state index contributed by atoms with van der Waals surface area (Å²) in [6.45, 7) is 0.830. The molecule has 0 saturated carbocycles. The van der Waals surface area contributed by atoms with Gasteiger partial charge in [-0.2, -0.15) is 0 Å². The Hall–Kier alpha value is -2.47. The Morgan fingerprint density at radius 2 is 1.76 bits per heavy atom. The Morgan fingerprint density at radius 3 is 2.52 bits per heavy atom. The van der Waals surface area contributed by atoms with E-state index < -0.39 is 16.8 Å². The van der Waals surface area contributed by atoms with Crippen LogP contribution in [0, 0.1) is 0 Å². The molecule has 130 valence electrons. The van der Waals surface area contributed by atoms with Crippen molar-refractivity contribution in [2.24, 2.45) is 0 Å². The summed E-state index contributed by atoms with van der Waals surface area (Å²) in [5.41, 5.74) is 2.61. The predicted molar refractivity (Wildman–Crippen MR) is 94.6 cm³/mol. The molecule has 1 atom stereocenters. The normalized spacial score (nSPS) is 14.5. The number of ether oxygens (including phenoxy) is 1. The lowest BCUT2D eigenvalue weighted by molar-refractivity contribution is -0.135. The molecule has 0 unspecified atom stereocenters. The van der Waals surface area contributed by atoms with Gasteiger partial charge in [-0.1, -0.05) is 36.4 Å². The second-order valence-electron chi connectivity index (χ2n) is 5.86. The van der Waals surface area contributed by atoms with E-state index in [2.05, 4.69) is 6.07 Å². The fourth-order valence-electron chi connectivity index (χ4n) is 2.89. The number of carbonyl (C=O) groups excluding carboxylic acids is 2. The van der Waals surface area contributed by atoms with Crippen molar-refractivity contribution in [1.82, 2.24) is 4.90 Å². The number of esters is 1. The highest BCUT2D eigenvalue weighted by molar-refractivity contribution is 7.84. The van der Waals surface area contributed by atoms with Gasteiger partial charge in [0.25, 0.3) is 5.91 Å². The largest absolute Gasteiger partial charge is 0.452 e. The molecule has 2 aromatic rings. The summed E-state index contributed by atoms with van der Waals surface area (Å²) >= 11 is 0. The molecule has 0 radical (unpaired) electrons. The molecule has 1 aliphatic heterocycles. The summed E-state index contributed by atoms with van der Waals surface area (Å²) in [6.07, 6.45) is 2.30. The van der Waals surface area contributed by atoms with Crippen LogP contribution in [0.25, 0.3) is 0 Å². The molecule has 0 bridgehead atoms. The molecule has 1 amide bonds. The van der Waals surface area contributed by atoms with Crippen LogP contribution in [0.2, 0.25) is 0 Å². The minimum atomic E-state index is -1.30. The molecule has 0 fully saturated rings. The van der Waals surface area contributed by atoms with Crippen LogP contribution in [0.3, 0.4) is 0 Å². The van der Waals surface area contributed by atoms with Gasteiger partial charge in [0.05, 0.1) is 21.3 Å². The van der Waals surface area contributed by atoms with Crippen LogP contribution in [0.4, 0.5) is 0 Å². The van der Waals surface area contributed by atoms with Gasteiger partial charge in [0.1, 0.15) is 0 Å². The van der Waals surface area contributed by atoms with Gasteiger partial charge in [0.2, 0.25) is 0 Å². The molecule has 3 rings (SSSR count). The van der Waals surface area contributed by atoms with Gasteiger partial charge in [0, 0.05) is 19.3 Å². The van der Waals surface area contributed by atoms with Gasteiger partial charge in [0.15, 0.2) is 6.61 Å². The van der Waals surface area contributed by atoms with E-state index in [0.29, 0.717) is 18.0 Å². The third-order valence-electron chi connectivity index (χ3n) is 4.23. The number of benzene rings is 2. The van der Waals surface area contributed by atoms with Crippen LogP contribution in [-0.4, -0.2) is 40.4 Å². The Morgan fingerprint density at radius 1 is 1.08 bits per heavy atom. The Kier molecular flexibility index (Phi) is 5.28. The minimum Gasteiger partial charge on any atom is -0.452 e. The van der Waals surface area contributed by atoms with E-state index in [-0.39, 0.29) is 18.1 Å². The Balaban J connectivity index is 1.62. The van der Waals surface area contributed by atoms with Crippen LogP contribution < -0.4 is 0 Å². The second-order valence-corrected chi connectivity index (χ2v) is 7.21. The van der Waals surface area contributed by atoms with Gasteiger partial charge in [-0.15, -0.1) is 0 Å². The van der Waals surface area contributed by atoms with Gasteiger partial charge >= 0.3 is 5.97 Å². The minimum absolute atomic E-state index is 0.224. The summed E-state index contributed by atoms with van der Waals surface area (Å²) in [5.74, 6) is -0.852. The highest BCUT2D eigenvalue weighted by Gasteiger charge is 2.22. The lowest BCUT2D eigenvalue weighted by Gasteiger charge is -2.28. The molecule has 25 heavy (non-hydrogen) atoms. The average molecular weight is 357 g/mol. The van der Waals surface area contributed by atoms with Gasteiger partial charge < -0.3 is 9.64 Å². The molecule has 1 aliphatic rings. The summed E-state index contributed by atoms with van der Waals surface area (Å²) in [4.78, 5) is 26.7. The molecule has 1 heterocycles. The maximum absolute atomic E-state index is 12.4. The molecular weight excluding hydrogens is 338 g/mol. The van der Waals surface area contributed by atoms with Crippen molar-refractivity contribution < 1.29 is 18.5 Å². The first kappa shape index (κ1) is 17.4. The molecule has 0 aromatic heterocycles. The fraction of sp³-hybridized carbons (Fsp3) is 0.263. The zero-order chi connectivity index (χ0) is 17.8. The Labute approximate surface area is 149 Å². The monoisotopic (exact) mass is 357 g/mol. The summed E-state index contributed by atoms with van der Waals surface area (Å²) in [6, 6.07) is 14.6. The van der Waals surface area contributed by atoms with E-state index in [1.165, 1.54) is 11.8 Å². The molecular formula is C19H19NO4S. The summed E-state index contributed by atoms with van der Waals surface area (Å²) < 4.78 is 16.9. The van der Waals surface area contributed by atoms with E-state index in [1.807, 2.05) is 18.2 Å². The standard InChI is InChI=1S/C19H19NO4S/c1-25(23)17-9-5-4-8-16(17)19(22)24-13-18(21)20-11-10-14-6-2-3-7-15(14)12-20/h2-9H,10-13H2,1H3/t25-/m1/s1. The topological polar surface area (TPSA) is 63.7 Å². The van der Waals surface area contributed by atoms with Gasteiger partial charge in [-0.3, -0.25) is 9.00 Å². The smallest absolute Gasteiger partial charge is 0.339 e.